The maximum absolute atomic E-state index is 4.55. The SMILES string of the molecule is Cc1ccc(Nc2nccc([C@H]3CCCN3)n2)nc1. The highest BCUT2D eigenvalue weighted by Crippen LogP contribution is 2.22. The molecule has 1 atom stereocenters. The first-order valence-electron chi connectivity index (χ1n) is 6.57. The van der Waals surface area contributed by atoms with Crippen LogP contribution in [0.1, 0.15) is 30.1 Å². The molecule has 3 rings (SSSR count). The van der Waals surface area contributed by atoms with Gasteiger partial charge in [0, 0.05) is 18.4 Å². The van der Waals surface area contributed by atoms with E-state index in [1.165, 1.54) is 6.42 Å². The average molecular weight is 255 g/mol. The number of aryl methyl sites for hydroxylation is 1. The first-order valence-corrected chi connectivity index (χ1v) is 6.57. The smallest absolute Gasteiger partial charge is 0.228 e. The lowest BCUT2D eigenvalue weighted by molar-refractivity contribution is 0.626. The van der Waals surface area contributed by atoms with Crippen LogP contribution in [0.25, 0.3) is 0 Å². The molecule has 2 N–H and O–H groups in total. The molecule has 0 aromatic carbocycles. The fourth-order valence-corrected chi connectivity index (χ4v) is 2.22. The monoisotopic (exact) mass is 255 g/mol. The molecule has 0 unspecified atom stereocenters. The standard InChI is InChI=1S/C14H17N5/c1-10-4-5-13(17-9-10)19-14-16-8-6-12(18-14)11-3-2-7-15-11/h4-6,8-9,11,15H,2-3,7H2,1H3,(H,16,17,18,19)/t11-/m1/s1. The van der Waals surface area contributed by atoms with Crippen LogP contribution in [-0.4, -0.2) is 21.5 Å². The number of hydrogen-bond acceptors (Lipinski definition) is 5. The zero-order chi connectivity index (χ0) is 13.1. The van der Waals surface area contributed by atoms with Crippen LogP contribution in [0.5, 0.6) is 0 Å². The molecule has 1 saturated heterocycles. The molecule has 3 heterocycles. The molecule has 0 aliphatic carbocycles. The summed E-state index contributed by atoms with van der Waals surface area (Å²) in [6.07, 6.45) is 5.96. The molecule has 1 aliphatic rings. The third-order valence-corrected chi connectivity index (χ3v) is 3.25. The Kier molecular flexibility index (Phi) is 3.37. The predicted octanol–water partition coefficient (Wildman–Crippen LogP) is 2.35. The van der Waals surface area contributed by atoms with Gasteiger partial charge in [0.1, 0.15) is 5.82 Å². The Balaban J connectivity index is 1.77. The number of rotatable bonds is 3. The van der Waals surface area contributed by atoms with Gasteiger partial charge in [0.15, 0.2) is 0 Å². The van der Waals surface area contributed by atoms with Crippen LogP contribution in [0.15, 0.2) is 30.6 Å². The molecule has 0 bridgehead atoms. The Bertz CT molecular complexity index is 546. The van der Waals surface area contributed by atoms with Crippen LogP contribution >= 0.6 is 0 Å². The molecule has 2 aromatic heterocycles. The van der Waals surface area contributed by atoms with E-state index in [4.69, 9.17) is 0 Å². The first-order chi connectivity index (χ1) is 9.31. The highest BCUT2D eigenvalue weighted by molar-refractivity contribution is 5.47. The van der Waals surface area contributed by atoms with Gasteiger partial charge in [-0.2, -0.15) is 0 Å². The first kappa shape index (κ1) is 12.0. The summed E-state index contributed by atoms with van der Waals surface area (Å²) in [5.41, 5.74) is 2.18. The summed E-state index contributed by atoms with van der Waals surface area (Å²) in [7, 11) is 0. The van der Waals surface area contributed by atoms with E-state index in [-0.39, 0.29) is 0 Å². The molecule has 0 amide bonds. The van der Waals surface area contributed by atoms with E-state index in [2.05, 4.69) is 25.6 Å². The van der Waals surface area contributed by atoms with Gasteiger partial charge in [-0.25, -0.2) is 15.0 Å². The van der Waals surface area contributed by atoms with Crippen molar-refractivity contribution in [2.75, 3.05) is 11.9 Å². The average Bonchev–Trinajstić information content (AvgIpc) is 2.96. The van der Waals surface area contributed by atoms with E-state index in [0.717, 1.165) is 30.0 Å². The van der Waals surface area contributed by atoms with Crippen LogP contribution < -0.4 is 10.6 Å². The summed E-state index contributed by atoms with van der Waals surface area (Å²) in [6, 6.07) is 6.27. The van der Waals surface area contributed by atoms with E-state index >= 15 is 0 Å². The van der Waals surface area contributed by atoms with Crippen molar-refractivity contribution in [1.29, 1.82) is 0 Å². The number of pyridine rings is 1. The maximum atomic E-state index is 4.55. The second-order valence-corrected chi connectivity index (χ2v) is 4.80. The number of nitrogens with zero attached hydrogens (tertiary/aromatic N) is 3. The Morgan fingerprint density at radius 2 is 2.21 bits per heavy atom. The predicted molar refractivity (Wildman–Crippen MR) is 74.3 cm³/mol. The fourth-order valence-electron chi connectivity index (χ4n) is 2.22. The Hall–Kier alpha value is -2.01. The molecule has 0 spiro atoms. The van der Waals surface area contributed by atoms with E-state index < -0.39 is 0 Å². The van der Waals surface area contributed by atoms with Crippen molar-refractivity contribution in [3.63, 3.8) is 0 Å². The van der Waals surface area contributed by atoms with Crippen molar-refractivity contribution < 1.29 is 0 Å². The van der Waals surface area contributed by atoms with Gasteiger partial charge in [0.05, 0.1) is 5.69 Å². The number of nitrogens with one attached hydrogen (secondary N) is 2. The molecule has 0 saturated carbocycles. The van der Waals surface area contributed by atoms with Crippen LogP contribution in [0.4, 0.5) is 11.8 Å². The van der Waals surface area contributed by atoms with Gasteiger partial charge < -0.3 is 10.6 Å². The summed E-state index contributed by atoms with van der Waals surface area (Å²) >= 11 is 0. The van der Waals surface area contributed by atoms with Crippen LogP contribution in [-0.2, 0) is 0 Å². The Morgan fingerprint density at radius 1 is 1.26 bits per heavy atom. The molecule has 0 radical (unpaired) electrons. The molecule has 5 heteroatoms. The van der Waals surface area contributed by atoms with Crippen LogP contribution in [0.3, 0.4) is 0 Å². The Labute approximate surface area is 112 Å². The Morgan fingerprint density at radius 3 is 2.95 bits per heavy atom. The molecule has 19 heavy (non-hydrogen) atoms. The minimum absolute atomic E-state index is 0.356. The lowest BCUT2D eigenvalue weighted by atomic mass is 10.1. The quantitative estimate of drug-likeness (QED) is 0.881. The van der Waals surface area contributed by atoms with Gasteiger partial charge in [-0.3, -0.25) is 0 Å². The van der Waals surface area contributed by atoms with E-state index in [0.29, 0.717) is 12.0 Å². The molecule has 5 nitrogen and oxygen atoms in total. The molecule has 2 aromatic rings. The number of hydrogen-bond donors (Lipinski definition) is 2. The van der Waals surface area contributed by atoms with Crippen molar-refractivity contribution in [3.05, 3.63) is 41.9 Å². The summed E-state index contributed by atoms with van der Waals surface area (Å²) in [6.45, 7) is 3.08. The lowest BCUT2D eigenvalue weighted by Crippen LogP contribution is -2.15. The normalized spacial score (nSPS) is 18.5. The van der Waals surface area contributed by atoms with Gasteiger partial charge in [-0.15, -0.1) is 0 Å². The summed E-state index contributed by atoms with van der Waals surface area (Å²) in [5, 5.41) is 6.57. The van der Waals surface area contributed by atoms with Gasteiger partial charge in [-0.05, 0) is 44.0 Å². The molecule has 98 valence electrons. The summed E-state index contributed by atoms with van der Waals surface area (Å²) in [4.78, 5) is 13.1. The highest BCUT2D eigenvalue weighted by Gasteiger charge is 2.17. The third-order valence-electron chi connectivity index (χ3n) is 3.25. The highest BCUT2D eigenvalue weighted by atomic mass is 15.1. The van der Waals surface area contributed by atoms with Crippen LogP contribution in [0.2, 0.25) is 0 Å². The zero-order valence-corrected chi connectivity index (χ0v) is 10.9. The molecular weight excluding hydrogens is 238 g/mol. The van der Waals surface area contributed by atoms with Gasteiger partial charge >= 0.3 is 0 Å². The lowest BCUT2D eigenvalue weighted by Gasteiger charge is -2.11. The topological polar surface area (TPSA) is 62.7 Å². The summed E-state index contributed by atoms with van der Waals surface area (Å²) in [5.74, 6) is 1.37. The maximum Gasteiger partial charge on any atom is 0.228 e. The zero-order valence-electron chi connectivity index (χ0n) is 10.9. The van der Waals surface area contributed by atoms with Crippen molar-refractivity contribution in [3.8, 4) is 0 Å². The van der Waals surface area contributed by atoms with E-state index in [9.17, 15) is 0 Å². The molecule has 1 aliphatic heterocycles. The van der Waals surface area contributed by atoms with Crippen molar-refractivity contribution >= 4 is 11.8 Å². The minimum atomic E-state index is 0.356. The van der Waals surface area contributed by atoms with Crippen molar-refractivity contribution in [2.24, 2.45) is 0 Å². The second-order valence-electron chi connectivity index (χ2n) is 4.80. The second kappa shape index (κ2) is 5.32. The minimum Gasteiger partial charge on any atom is -0.309 e. The third kappa shape index (κ3) is 2.88. The van der Waals surface area contributed by atoms with Gasteiger partial charge in [0.25, 0.3) is 0 Å². The van der Waals surface area contributed by atoms with Crippen LogP contribution in [0, 0.1) is 6.92 Å². The van der Waals surface area contributed by atoms with E-state index in [1.807, 2.05) is 31.3 Å². The molecular formula is C14H17N5. The number of aromatic nitrogens is 3. The van der Waals surface area contributed by atoms with E-state index in [1.54, 1.807) is 6.20 Å². The largest absolute Gasteiger partial charge is 0.309 e. The molecule has 1 fully saturated rings. The van der Waals surface area contributed by atoms with Gasteiger partial charge in [-0.1, -0.05) is 6.07 Å². The van der Waals surface area contributed by atoms with Crippen molar-refractivity contribution in [1.82, 2.24) is 20.3 Å². The van der Waals surface area contributed by atoms with Gasteiger partial charge in [0.2, 0.25) is 5.95 Å². The fraction of sp³-hybridized carbons (Fsp3) is 0.357. The van der Waals surface area contributed by atoms with Crippen molar-refractivity contribution in [2.45, 2.75) is 25.8 Å². The number of anilines is 2. The summed E-state index contributed by atoms with van der Waals surface area (Å²) < 4.78 is 0.